The third kappa shape index (κ3) is 6.10. The largest absolute Gasteiger partial charge is 0.505 e. The van der Waals surface area contributed by atoms with Crippen LogP contribution in [0.2, 0.25) is 29.5 Å². The van der Waals surface area contributed by atoms with Gasteiger partial charge in [0.2, 0.25) is 0 Å². The third-order valence-electron chi connectivity index (χ3n) is 5.33. The highest BCUT2D eigenvalue weighted by Gasteiger charge is 2.39. The average Bonchev–Trinajstić information content (AvgIpc) is 2.45. The van der Waals surface area contributed by atoms with E-state index in [0.29, 0.717) is 11.3 Å². The molecule has 0 atom stereocenters. The first-order valence-electron chi connectivity index (χ1n) is 7.82. The average molecular weight is 357 g/mol. The Morgan fingerprint density at radius 3 is 2.14 bits per heavy atom. The minimum absolute atomic E-state index is 0.299. The van der Waals surface area contributed by atoms with E-state index in [1.807, 2.05) is 0 Å². The molecule has 0 radical (unpaired) electrons. The zero-order chi connectivity index (χ0) is 17.4. The predicted molar refractivity (Wildman–Crippen MR) is 105 cm³/mol. The lowest BCUT2D eigenvalue weighted by Crippen LogP contribution is -2.45. The Kier molecular flexibility index (Phi) is 8.35. The van der Waals surface area contributed by atoms with Crippen molar-refractivity contribution in [2.75, 3.05) is 6.61 Å². The summed E-state index contributed by atoms with van der Waals surface area (Å²) in [5, 5.41) is 8.53. The second kappa shape index (κ2) is 8.69. The molecule has 0 unspecified atom stereocenters. The second-order valence-corrected chi connectivity index (χ2v) is 21.3. The number of rotatable bonds is 11. The topological polar surface area (TPSA) is 46.5 Å². The molecule has 1 N–H and O–H groups in total. The fourth-order valence-corrected chi connectivity index (χ4v) is 15.7. The first kappa shape index (κ1) is 21.1. The number of hydrogen-bond acceptors (Lipinski definition) is 2. The molecule has 0 aromatic heterocycles. The van der Waals surface area contributed by atoms with Crippen LogP contribution in [0.25, 0.3) is 0 Å². The maximum absolute atomic E-state index is 10.4. The van der Waals surface area contributed by atoms with Crippen molar-refractivity contribution in [3.63, 3.8) is 0 Å². The van der Waals surface area contributed by atoms with Crippen LogP contribution < -0.4 is 0 Å². The van der Waals surface area contributed by atoms with Crippen LogP contribution in [-0.4, -0.2) is 43.5 Å². The summed E-state index contributed by atoms with van der Waals surface area (Å²) in [7, 11) is -3.42. The summed E-state index contributed by atoms with van der Waals surface area (Å²) < 4.78 is 5.04. The van der Waals surface area contributed by atoms with Crippen LogP contribution in [0.4, 0.5) is 4.79 Å². The molecule has 0 rings (SSSR count). The smallest absolute Gasteiger partial charge is 0.450 e. The fraction of sp³-hybridized carbons (Fsp3) is 0.562. The van der Waals surface area contributed by atoms with Crippen molar-refractivity contribution < 1.29 is 14.6 Å². The Bertz CT molecular complexity index is 395. The summed E-state index contributed by atoms with van der Waals surface area (Å²) in [4.78, 5) is 10.4. The van der Waals surface area contributed by atoms with E-state index in [4.69, 9.17) is 5.11 Å². The predicted octanol–water partition coefficient (Wildman–Crippen LogP) is 4.27. The molecule has 0 bridgehead atoms. The fourth-order valence-electron chi connectivity index (χ4n) is 2.44. The van der Waals surface area contributed by atoms with Gasteiger partial charge in [-0.1, -0.05) is 55.8 Å². The number of carboxylic acid groups (broad SMARTS) is 1. The highest BCUT2D eigenvalue weighted by atomic mass is 28.4. The Balaban J connectivity index is 4.68. The van der Waals surface area contributed by atoms with Crippen LogP contribution in [-0.2, 0) is 4.74 Å². The van der Waals surface area contributed by atoms with Crippen LogP contribution in [0.5, 0.6) is 0 Å². The lowest BCUT2D eigenvalue weighted by Gasteiger charge is -2.41. The van der Waals surface area contributed by atoms with Crippen molar-refractivity contribution in [1.82, 2.24) is 0 Å². The van der Waals surface area contributed by atoms with Crippen molar-refractivity contribution in [3.05, 3.63) is 36.8 Å². The van der Waals surface area contributed by atoms with E-state index in [1.54, 1.807) is 0 Å². The van der Waals surface area contributed by atoms with Crippen molar-refractivity contribution in [3.8, 4) is 0 Å². The van der Waals surface area contributed by atoms with Gasteiger partial charge in [0.15, 0.2) is 0 Å². The molecule has 22 heavy (non-hydrogen) atoms. The van der Waals surface area contributed by atoms with Crippen molar-refractivity contribution in [2.45, 2.75) is 49.7 Å². The van der Waals surface area contributed by atoms with Crippen LogP contribution in [0.3, 0.4) is 0 Å². The molecule has 0 spiro atoms. The summed E-state index contributed by atoms with van der Waals surface area (Å²) in [6, 6.07) is 1.10. The van der Waals surface area contributed by atoms with E-state index >= 15 is 0 Å². The van der Waals surface area contributed by atoms with Gasteiger partial charge in [-0.05, 0) is 11.1 Å². The van der Waals surface area contributed by atoms with E-state index in [2.05, 4.69) is 68.5 Å². The molecule has 0 aromatic rings. The molecular formula is C16H32O3Si3. The van der Waals surface area contributed by atoms with Crippen molar-refractivity contribution in [2.24, 2.45) is 0 Å². The highest BCUT2D eigenvalue weighted by Crippen LogP contribution is 2.40. The van der Waals surface area contributed by atoms with Gasteiger partial charge < -0.3 is 9.84 Å². The van der Waals surface area contributed by atoms with E-state index in [-0.39, 0.29) is 9.52 Å². The molecule has 6 heteroatoms. The van der Waals surface area contributed by atoms with Crippen LogP contribution in [0, 0.1) is 0 Å². The quantitative estimate of drug-likeness (QED) is 0.342. The summed E-state index contributed by atoms with van der Waals surface area (Å²) in [5.41, 5.74) is 7.50. The summed E-state index contributed by atoms with van der Waals surface area (Å²) in [5.74, 6) is 0. The van der Waals surface area contributed by atoms with E-state index in [9.17, 15) is 4.79 Å². The standard InChI is InChI=1S/C16H32O3Si3/c1-8-22(9-2,10-3)14-20-16(4,5)21(6,7)13-11-12-19-15(17)18/h8-10H,1-3,11-14,20H2,4-7H3,(H,17,18). The molecule has 0 fully saturated rings. The minimum atomic E-state index is -1.69. The molecule has 3 nitrogen and oxygen atoms in total. The summed E-state index contributed by atoms with van der Waals surface area (Å²) in [6.45, 7) is 21.9. The molecule has 0 aliphatic carbocycles. The normalized spacial score (nSPS) is 13.1. The SMILES string of the molecule is C=C[Si](C=C)(C=C)C[SiH2]C(C)(C)[Si](C)(C)CCCOC(=O)O. The van der Waals surface area contributed by atoms with E-state index < -0.39 is 22.3 Å². The molecule has 0 saturated carbocycles. The first-order chi connectivity index (χ1) is 10.1. The molecule has 0 aromatic carbocycles. The molecular weight excluding hydrogens is 324 g/mol. The van der Waals surface area contributed by atoms with Gasteiger partial charge in [-0.3, -0.25) is 0 Å². The van der Waals surface area contributed by atoms with Gasteiger partial charge >= 0.3 is 6.16 Å². The van der Waals surface area contributed by atoms with E-state index in [1.165, 1.54) is 5.67 Å². The zero-order valence-corrected chi connectivity index (χ0v) is 18.1. The van der Waals surface area contributed by atoms with Crippen LogP contribution in [0.15, 0.2) is 36.8 Å². The van der Waals surface area contributed by atoms with Gasteiger partial charge in [-0.15, -0.1) is 19.7 Å². The van der Waals surface area contributed by atoms with Crippen LogP contribution in [0.1, 0.15) is 20.3 Å². The van der Waals surface area contributed by atoms with E-state index in [0.717, 1.165) is 12.5 Å². The molecule has 0 heterocycles. The second-order valence-electron chi connectivity index (χ2n) is 7.21. The summed E-state index contributed by atoms with van der Waals surface area (Å²) in [6.07, 6.45) is -0.345. The Labute approximate surface area is 140 Å². The zero-order valence-electron chi connectivity index (χ0n) is 14.7. The van der Waals surface area contributed by atoms with Gasteiger partial charge in [0.25, 0.3) is 0 Å². The highest BCUT2D eigenvalue weighted by molar-refractivity contribution is 7.00. The Hall–Kier alpha value is -0.859. The number of carbonyl (C=O) groups is 1. The van der Waals surface area contributed by atoms with Crippen molar-refractivity contribution in [1.29, 1.82) is 0 Å². The molecule has 0 aliphatic rings. The lowest BCUT2D eigenvalue weighted by atomic mass is 10.5. The maximum atomic E-state index is 10.4. The van der Waals surface area contributed by atoms with Gasteiger partial charge in [0.1, 0.15) is 8.07 Å². The lowest BCUT2D eigenvalue weighted by molar-refractivity contribution is 0.0916. The van der Waals surface area contributed by atoms with Gasteiger partial charge in [-0.2, -0.15) is 0 Å². The Morgan fingerprint density at radius 1 is 1.23 bits per heavy atom. The minimum Gasteiger partial charge on any atom is -0.450 e. The first-order valence-corrected chi connectivity index (χ1v) is 15.2. The van der Waals surface area contributed by atoms with Gasteiger partial charge in [-0.25, -0.2) is 4.79 Å². The monoisotopic (exact) mass is 356 g/mol. The Morgan fingerprint density at radius 2 is 1.73 bits per heavy atom. The van der Waals surface area contributed by atoms with Crippen molar-refractivity contribution >= 4 is 31.8 Å². The van der Waals surface area contributed by atoms with Gasteiger partial charge in [0.05, 0.1) is 6.61 Å². The molecule has 126 valence electrons. The molecule has 0 amide bonds. The summed E-state index contributed by atoms with van der Waals surface area (Å²) >= 11 is 0. The maximum Gasteiger partial charge on any atom is 0.505 e. The van der Waals surface area contributed by atoms with Gasteiger partial charge in [0, 0.05) is 17.6 Å². The third-order valence-corrected chi connectivity index (χ3v) is 22.2. The van der Waals surface area contributed by atoms with Crippen LogP contribution >= 0.6 is 0 Å². The number of ether oxygens (including phenoxy) is 1. The number of hydrogen-bond donors (Lipinski definition) is 1. The molecule has 0 saturated heterocycles. The molecule has 0 aliphatic heterocycles.